The number of hydrogen-bond donors (Lipinski definition) is 0. The van der Waals surface area contributed by atoms with Gasteiger partial charge in [-0.15, -0.1) is 0 Å². The Balaban J connectivity index is 2.43. The van der Waals surface area contributed by atoms with Gasteiger partial charge in [0, 0.05) is 6.20 Å². The average Bonchev–Trinajstić information content (AvgIpc) is 2.03. The van der Waals surface area contributed by atoms with E-state index in [4.69, 9.17) is 4.33 Å². The second-order valence-corrected chi connectivity index (χ2v) is 2.88. The standard InChI is InChI=1S/C5H10N2O2S/c1-8-9-10-5-2-3-6-4-7-5/h2-4H,1H3,10H4. The second kappa shape index (κ2) is 4.21. The van der Waals surface area contributed by atoms with Crippen LogP contribution in [0.2, 0.25) is 0 Å². The minimum absolute atomic E-state index is 0.785. The Morgan fingerprint density at radius 3 is 3.10 bits per heavy atom. The zero-order chi connectivity index (χ0) is 7.23. The van der Waals surface area contributed by atoms with Crippen LogP contribution in [0.1, 0.15) is 0 Å². The summed E-state index contributed by atoms with van der Waals surface area (Å²) >= 11 is -0.785. The molecule has 10 heavy (non-hydrogen) atoms. The lowest BCUT2D eigenvalue weighted by atomic mass is 10.7. The van der Waals surface area contributed by atoms with Crippen molar-refractivity contribution in [2.45, 2.75) is 5.03 Å². The molecule has 0 spiro atoms. The molecule has 0 radical (unpaired) electrons. The van der Waals surface area contributed by atoms with E-state index >= 15 is 0 Å². The fourth-order valence-electron chi connectivity index (χ4n) is 0.523. The summed E-state index contributed by atoms with van der Waals surface area (Å²) in [5, 5.41) is 0.942. The summed E-state index contributed by atoms with van der Waals surface area (Å²) in [6.07, 6.45) is 3.19. The molecule has 0 aromatic carbocycles. The van der Waals surface area contributed by atoms with Crippen molar-refractivity contribution in [2.75, 3.05) is 7.11 Å². The van der Waals surface area contributed by atoms with Gasteiger partial charge in [-0.2, -0.15) is 12.0 Å². The summed E-state index contributed by atoms with van der Waals surface area (Å²) in [6.45, 7) is 0. The molecule has 0 aliphatic heterocycles. The Morgan fingerprint density at radius 2 is 2.50 bits per heavy atom. The Bertz CT molecular complexity index is 182. The van der Waals surface area contributed by atoms with Crippen LogP contribution < -0.4 is 0 Å². The van der Waals surface area contributed by atoms with E-state index in [1.54, 1.807) is 6.20 Å². The molecule has 0 fully saturated rings. The molecule has 1 aromatic rings. The van der Waals surface area contributed by atoms with Crippen LogP contribution in [-0.2, 0) is 9.22 Å². The zero-order valence-electron chi connectivity index (χ0n) is 5.65. The molecule has 0 unspecified atom stereocenters. The van der Waals surface area contributed by atoms with Crippen LogP contribution >= 0.6 is 12.0 Å². The van der Waals surface area contributed by atoms with Crippen molar-refractivity contribution in [3.8, 4) is 0 Å². The van der Waals surface area contributed by atoms with Gasteiger partial charge in [-0.1, -0.05) is 0 Å². The van der Waals surface area contributed by atoms with Crippen LogP contribution in [0.15, 0.2) is 23.6 Å². The molecule has 5 heteroatoms. The third-order valence-electron chi connectivity index (χ3n) is 0.968. The maximum atomic E-state index is 4.77. The minimum Gasteiger partial charge on any atom is -0.245 e. The van der Waals surface area contributed by atoms with Crippen molar-refractivity contribution in [3.05, 3.63) is 18.6 Å². The average molecular weight is 162 g/mol. The fraction of sp³-hybridized carbons (Fsp3) is 0.200. The molecule has 0 atom stereocenters. The summed E-state index contributed by atoms with van der Waals surface area (Å²) < 4.78 is 4.77. The van der Waals surface area contributed by atoms with E-state index in [-0.39, 0.29) is 0 Å². The molecular weight excluding hydrogens is 152 g/mol. The number of aromatic nitrogens is 2. The van der Waals surface area contributed by atoms with E-state index in [1.165, 1.54) is 13.4 Å². The van der Waals surface area contributed by atoms with Gasteiger partial charge in [-0.3, -0.25) is 0 Å². The molecule has 0 amide bonds. The number of hydrogen-bond acceptors (Lipinski definition) is 4. The molecule has 4 nitrogen and oxygen atoms in total. The summed E-state index contributed by atoms with van der Waals surface area (Å²) in [6, 6.07) is 1.82. The Kier molecular flexibility index (Phi) is 3.14. The second-order valence-electron chi connectivity index (χ2n) is 1.63. The van der Waals surface area contributed by atoms with E-state index in [0.717, 1.165) is 5.03 Å². The fourth-order valence-corrected chi connectivity index (χ4v) is 1.12. The van der Waals surface area contributed by atoms with Gasteiger partial charge >= 0.3 is 0 Å². The topological polar surface area (TPSA) is 44.2 Å². The van der Waals surface area contributed by atoms with Crippen LogP contribution in [0.5, 0.6) is 0 Å². The third-order valence-corrected chi connectivity index (χ3v) is 2.04. The highest BCUT2D eigenvalue weighted by Gasteiger charge is 1.85. The zero-order valence-corrected chi connectivity index (χ0v) is 7.06. The van der Waals surface area contributed by atoms with Gasteiger partial charge in [0.25, 0.3) is 0 Å². The normalized spacial score (nSPS) is 10.1. The first kappa shape index (κ1) is 7.46. The highest BCUT2D eigenvalue weighted by molar-refractivity contribution is 7.94. The maximum absolute atomic E-state index is 4.77. The van der Waals surface area contributed by atoms with Crippen molar-refractivity contribution in [3.63, 3.8) is 0 Å². The number of nitrogens with zero attached hydrogens (tertiary/aromatic N) is 2. The van der Waals surface area contributed by atoms with E-state index in [2.05, 4.69) is 14.9 Å². The molecule has 0 saturated carbocycles. The first-order valence-corrected chi connectivity index (χ1v) is 4.12. The Hall–Kier alpha value is -0.650. The lowest BCUT2D eigenvalue weighted by Gasteiger charge is -2.01. The van der Waals surface area contributed by atoms with Crippen molar-refractivity contribution in [1.29, 1.82) is 0 Å². The molecule has 0 aliphatic rings. The maximum Gasteiger partial charge on any atom is 0.116 e. The van der Waals surface area contributed by atoms with E-state index < -0.39 is 12.0 Å². The predicted octanol–water partition coefficient (Wildman–Crippen LogP) is -0.00910. The smallest absolute Gasteiger partial charge is 0.116 e. The SMILES string of the molecule is COO[SH4]c1ccncn1. The van der Waals surface area contributed by atoms with Crippen LogP contribution in [0, 0.1) is 0 Å². The van der Waals surface area contributed by atoms with Crippen LogP contribution in [0.3, 0.4) is 0 Å². The highest BCUT2D eigenvalue weighted by atomic mass is 32.2. The molecule has 0 aliphatic carbocycles. The van der Waals surface area contributed by atoms with E-state index in [1.807, 2.05) is 6.07 Å². The van der Waals surface area contributed by atoms with Gasteiger partial charge in [-0.05, 0) is 6.07 Å². The molecule has 1 rings (SSSR count). The third kappa shape index (κ3) is 2.30. The summed E-state index contributed by atoms with van der Waals surface area (Å²) in [4.78, 5) is 12.2. The van der Waals surface area contributed by atoms with Gasteiger partial charge in [0.1, 0.15) is 6.33 Å². The largest absolute Gasteiger partial charge is 0.245 e. The van der Waals surface area contributed by atoms with Gasteiger partial charge in [0.05, 0.1) is 12.1 Å². The van der Waals surface area contributed by atoms with Gasteiger partial charge < -0.3 is 0 Å². The van der Waals surface area contributed by atoms with E-state index in [9.17, 15) is 0 Å². The molecule has 0 bridgehead atoms. The van der Waals surface area contributed by atoms with Gasteiger partial charge in [0.15, 0.2) is 0 Å². The first-order chi connectivity index (χ1) is 4.93. The molecule has 0 saturated heterocycles. The molecule has 0 N–H and O–H groups in total. The lowest BCUT2D eigenvalue weighted by molar-refractivity contribution is -0.160. The Labute approximate surface area is 62.7 Å². The lowest BCUT2D eigenvalue weighted by Crippen LogP contribution is -1.82. The van der Waals surface area contributed by atoms with Crippen molar-refractivity contribution in [1.82, 2.24) is 9.97 Å². The molecule has 1 aromatic heterocycles. The van der Waals surface area contributed by atoms with Crippen LogP contribution in [0.4, 0.5) is 0 Å². The summed E-state index contributed by atoms with van der Waals surface area (Å²) in [7, 11) is 1.49. The molecular formula is C5H10N2O2S. The number of rotatable bonds is 3. The molecule has 58 valence electrons. The van der Waals surface area contributed by atoms with Crippen molar-refractivity contribution < 1.29 is 9.22 Å². The molecule has 1 heterocycles. The van der Waals surface area contributed by atoms with Gasteiger partial charge in [0.2, 0.25) is 0 Å². The Morgan fingerprint density at radius 1 is 1.60 bits per heavy atom. The van der Waals surface area contributed by atoms with Crippen LogP contribution in [0.25, 0.3) is 0 Å². The predicted molar refractivity (Wildman–Crippen MR) is 41.6 cm³/mol. The van der Waals surface area contributed by atoms with Crippen molar-refractivity contribution in [2.24, 2.45) is 0 Å². The van der Waals surface area contributed by atoms with Crippen molar-refractivity contribution >= 4 is 12.0 Å². The first-order valence-electron chi connectivity index (χ1n) is 2.84. The summed E-state index contributed by atoms with van der Waals surface area (Å²) in [5.41, 5.74) is 0. The summed E-state index contributed by atoms with van der Waals surface area (Å²) in [5.74, 6) is 0. The minimum atomic E-state index is -0.785. The monoisotopic (exact) mass is 162 g/mol. The van der Waals surface area contributed by atoms with Gasteiger partial charge in [-0.25, -0.2) is 19.2 Å². The van der Waals surface area contributed by atoms with E-state index in [0.29, 0.717) is 0 Å². The highest BCUT2D eigenvalue weighted by Crippen LogP contribution is 2.13. The van der Waals surface area contributed by atoms with Crippen LogP contribution in [-0.4, -0.2) is 17.1 Å². The quantitative estimate of drug-likeness (QED) is 0.356.